The van der Waals surface area contributed by atoms with E-state index in [0.717, 1.165) is 30.2 Å². The molecule has 1 aromatic heterocycles. The minimum absolute atomic E-state index is 0.0338. The van der Waals surface area contributed by atoms with Crippen LogP contribution >= 0.6 is 11.3 Å². The molecule has 0 radical (unpaired) electrons. The van der Waals surface area contributed by atoms with Gasteiger partial charge in [0.15, 0.2) is 11.5 Å². The van der Waals surface area contributed by atoms with Crippen LogP contribution in [0.25, 0.3) is 0 Å². The first-order valence-electron chi connectivity index (χ1n) is 12.6. The van der Waals surface area contributed by atoms with Gasteiger partial charge in [-0.1, -0.05) is 18.6 Å². The molecule has 0 saturated carbocycles. The Morgan fingerprint density at radius 2 is 1.92 bits per heavy atom. The number of aliphatic hydroxyl groups is 1. The zero-order chi connectivity index (χ0) is 26.0. The van der Waals surface area contributed by atoms with Crippen molar-refractivity contribution in [2.45, 2.75) is 39.0 Å². The highest BCUT2D eigenvalue weighted by molar-refractivity contribution is 7.09. The lowest BCUT2D eigenvalue weighted by molar-refractivity contribution is 0.0715. The van der Waals surface area contributed by atoms with E-state index in [1.54, 1.807) is 20.3 Å². The van der Waals surface area contributed by atoms with Crippen LogP contribution in [-0.2, 0) is 19.8 Å². The summed E-state index contributed by atoms with van der Waals surface area (Å²) in [7, 11) is 3.21. The van der Waals surface area contributed by atoms with E-state index in [2.05, 4.69) is 9.88 Å². The molecule has 8 nitrogen and oxygen atoms in total. The van der Waals surface area contributed by atoms with E-state index in [1.807, 2.05) is 46.7 Å². The first kappa shape index (κ1) is 26.9. The number of nitrogens with zero attached hydrogens (tertiary/aromatic N) is 3. The SMILES string of the molecule is COc1cccc(C(=O)N(CCN2CCCCC2)Cc2ccc(OC)c(OCc3nc(CO)cs3)c2)c1. The minimum Gasteiger partial charge on any atom is -0.497 e. The Morgan fingerprint density at radius 3 is 2.65 bits per heavy atom. The van der Waals surface area contributed by atoms with E-state index >= 15 is 0 Å². The molecule has 0 atom stereocenters. The van der Waals surface area contributed by atoms with Gasteiger partial charge in [0.1, 0.15) is 17.4 Å². The Bertz CT molecular complexity index is 1160. The number of ether oxygens (including phenoxy) is 3. The van der Waals surface area contributed by atoms with Gasteiger partial charge in [0.05, 0.1) is 26.5 Å². The van der Waals surface area contributed by atoms with Crippen LogP contribution in [0.15, 0.2) is 47.8 Å². The molecular formula is C28H35N3O5S. The van der Waals surface area contributed by atoms with Gasteiger partial charge in [-0.2, -0.15) is 0 Å². The number of likely N-dealkylation sites (tertiary alicyclic amines) is 1. The Labute approximate surface area is 222 Å². The van der Waals surface area contributed by atoms with Gasteiger partial charge >= 0.3 is 0 Å². The fraction of sp³-hybridized carbons (Fsp3) is 0.429. The number of hydrogen-bond acceptors (Lipinski definition) is 8. The fourth-order valence-corrected chi connectivity index (χ4v) is 5.11. The number of piperidine rings is 1. The number of amides is 1. The van der Waals surface area contributed by atoms with Crippen molar-refractivity contribution in [1.29, 1.82) is 0 Å². The lowest BCUT2D eigenvalue weighted by atomic mass is 10.1. The van der Waals surface area contributed by atoms with Crippen molar-refractivity contribution in [3.63, 3.8) is 0 Å². The topological polar surface area (TPSA) is 84.4 Å². The molecule has 4 rings (SSSR count). The van der Waals surface area contributed by atoms with E-state index in [4.69, 9.17) is 14.2 Å². The summed E-state index contributed by atoms with van der Waals surface area (Å²) in [5.41, 5.74) is 2.18. The summed E-state index contributed by atoms with van der Waals surface area (Å²) in [6.45, 7) is 4.24. The molecule has 1 saturated heterocycles. The lowest BCUT2D eigenvalue weighted by Gasteiger charge is -2.30. The van der Waals surface area contributed by atoms with Crippen molar-refractivity contribution in [3.8, 4) is 17.2 Å². The maximum absolute atomic E-state index is 13.6. The number of methoxy groups -OCH3 is 2. The normalized spacial score (nSPS) is 13.8. The Morgan fingerprint density at radius 1 is 1.08 bits per heavy atom. The average molecular weight is 526 g/mol. The van der Waals surface area contributed by atoms with Crippen LogP contribution in [0, 0.1) is 0 Å². The molecule has 0 aliphatic carbocycles. The van der Waals surface area contributed by atoms with Crippen molar-refractivity contribution in [2.24, 2.45) is 0 Å². The van der Waals surface area contributed by atoms with Gasteiger partial charge in [-0.3, -0.25) is 4.79 Å². The molecule has 37 heavy (non-hydrogen) atoms. The van der Waals surface area contributed by atoms with Gasteiger partial charge in [-0.05, 0) is 61.8 Å². The summed E-state index contributed by atoms with van der Waals surface area (Å²) in [5.74, 6) is 1.83. The van der Waals surface area contributed by atoms with Crippen molar-refractivity contribution in [3.05, 3.63) is 69.7 Å². The Hall–Kier alpha value is -3.14. The van der Waals surface area contributed by atoms with Gasteiger partial charge in [-0.15, -0.1) is 11.3 Å². The van der Waals surface area contributed by atoms with Crippen molar-refractivity contribution in [1.82, 2.24) is 14.8 Å². The van der Waals surface area contributed by atoms with Crippen molar-refractivity contribution < 1.29 is 24.1 Å². The Balaban J connectivity index is 1.51. The predicted molar refractivity (Wildman–Crippen MR) is 143 cm³/mol. The number of aliphatic hydroxyl groups excluding tert-OH is 1. The number of aromatic nitrogens is 1. The summed E-state index contributed by atoms with van der Waals surface area (Å²) in [4.78, 5) is 22.3. The summed E-state index contributed by atoms with van der Waals surface area (Å²) < 4.78 is 16.9. The highest BCUT2D eigenvalue weighted by Gasteiger charge is 2.20. The van der Waals surface area contributed by atoms with Crippen molar-refractivity contribution >= 4 is 17.2 Å². The first-order valence-corrected chi connectivity index (χ1v) is 13.5. The zero-order valence-corrected chi connectivity index (χ0v) is 22.3. The smallest absolute Gasteiger partial charge is 0.254 e. The fourth-order valence-electron chi connectivity index (χ4n) is 4.42. The molecule has 0 spiro atoms. The monoisotopic (exact) mass is 525 g/mol. The van der Waals surface area contributed by atoms with E-state index in [1.165, 1.54) is 30.6 Å². The number of rotatable bonds is 12. The van der Waals surface area contributed by atoms with Crippen LogP contribution in [0.3, 0.4) is 0 Å². The van der Waals surface area contributed by atoms with Gasteiger partial charge in [0.25, 0.3) is 5.91 Å². The van der Waals surface area contributed by atoms with Gasteiger partial charge in [0, 0.05) is 30.6 Å². The van der Waals surface area contributed by atoms with E-state index in [9.17, 15) is 9.90 Å². The third kappa shape index (κ3) is 7.44. The van der Waals surface area contributed by atoms with Gasteiger partial charge < -0.3 is 29.1 Å². The quantitative estimate of drug-likeness (QED) is 0.376. The van der Waals surface area contributed by atoms with Gasteiger partial charge in [0.2, 0.25) is 0 Å². The van der Waals surface area contributed by atoms with E-state index < -0.39 is 0 Å². The second kappa shape index (κ2) is 13.4. The number of benzene rings is 2. The highest BCUT2D eigenvalue weighted by atomic mass is 32.1. The lowest BCUT2D eigenvalue weighted by Crippen LogP contribution is -2.40. The maximum Gasteiger partial charge on any atom is 0.254 e. The molecule has 1 aliphatic rings. The minimum atomic E-state index is -0.0934. The number of thiazole rings is 1. The molecule has 0 bridgehead atoms. The molecule has 198 valence electrons. The largest absolute Gasteiger partial charge is 0.497 e. The number of carbonyl (C=O) groups excluding carboxylic acids is 1. The second-order valence-electron chi connectivity index (χ2n) is 9.03. The van der Waals surface area contributed by atoms with Crippen LogP contribution in [0.5, 0.6) is 17.2 Å². The molecule has 9 heteroatoms. The summed E-state index contributed by atoms with van der Waals surface area (Å²) in [6.07, 6.45) is 3.70. The molecule has 1 amide bonds. The Kier molecular flexibility index (Phi) is 9.76. The summed E-state index contributed by atoms with van der Waals surface area (Å²) in [6, 6.07) is 13.1. The average Bonchev–Trinajstić information content (AvgIpc) is 3.42. The van der Waals surface area contributed by atoms with Crippen LogP contribution in [-0.4, -0.2) is 66.2 Å². The summed E-state index contributed by atoms with van der Waals surface area (Å²) in [5, 5.41) is 11.9. The standard InChI is InChI=1S/C28H35N3O5S/c1-34-24-8-6-7-22(16-24)28(33)31(14-13-30-11-4-3-5-12-30)17-21-9-10-25(35-2)26(15-21)36-19-27-29-23(18-32)20-37-27/h6-10,15-16,20,32H,3-5,11-14,17-19H2,1-2H3. The van der Waals surface area contributed by atoms with Crippen molar-refractivity contribution in [2.75, 3.05) is 40.4 Å². The molecule has 2 aromatic carbocycles. The molecule has 3 aromatic rings. The maximum atomic E-state index is 13.6. The van der Waals surface area contributed by atoms with E-state index in [-0.39, 0.29) is 19.1 Å². The first-order chi connectivity index (χ1) is 18.1. The molecular weight excluding hydrogens is 490 g/mol. The predicted octanol–water partition coefficient (Wildman–Crippen LogP) is 4.36. The second-order valence-corrected chi connectivity index (χ2v) is 9.97. The van der Waals surface area contributed by atoms with Crippen LogP contribution in [0.1, 0.15) is 45.9 Å². The van der Waals surface area contributed by atoms with Crippen LogP contribution in [0.4, 0.5) is 0 Å². The molecule has 1 N–H and O–H groups in total. The molecule has 1 fully saturated rings. The van der Waals surface area contributed by atoms with E-state index in [0.29, 0.717) is 41.6 Å². The number of hydrogen-bond donors (Lipinski definition) is 1. The van der Waals surface area contributed by atoms with Crippen LogP contribution < -0.4 is 14.2 Å². The molecule has 0 unspecified atom stereocenters. The third-order valence-electron chi connectivity index (χ3n) is 6.45. The third-order valence-corrected chi connectivity index (χ3v) is 7.32. The number of carbonyl (C=O) groups is 1. The molecule has 1 aliphatic heterocycles. The molecule has 2 heterocycles. The summed E-state index contributed by atoms with van der Waals surface area (Å²) >= 11 is 1.44. The van der Waals surface area contributed by atoms with Gasteiger partial charge in [-0.25, -0.2) is 4.98 Å². The zero-order valence-electron chi connectivity index (χ0n) is 21.5. The van der Waals surface area contributed by atoms with Crippen LogP contribution in [0.2, 0.25) is 0 Å². The highest BCUT2D eigenvalue weighted by Crippen LogP contribution is 2.30.